The standard InChI is InChI=1S/C24H25F2N5O/c1-2-5-21-20(26)13-23(31(16-32)15-18-7-4-10-28-22(18)14-27)24(30-21)29-11-9-17-6-3-8-19(25)12-17/h2-8,10,12-13,16H,9,11,14-15,27H2,1H3,(H,29,30)/b5-2+. The molecular weight excluding hydrogens is 412 g/mol. The average Bonchev–Trinajstić information content (AvgIpc) is 2.80. The molecule has 32 heavy (non-hydrogen) atoms. The van der Waals surface area contributed by atoms with Crippen LogP contribution in [0.2, 0.25) is 0 Å². The van der Waals surface area contributed by atoms with Crippen molar-refractivity contribution in [1.29, 1.82) is 0 Å². The normalized spacial score (nSPS) is 11.0. The third-order valence-electron chi connectivity index (χ3n) is 4.86. The molecule has 0 fully saturated rings. The highest BCUT2D eigenvalue weighted by Crippen LogP contribution is 2.28. The van der Waals surface area contributed by atoms with Crippen LogP contribution in [0.15, 0.2) is 54.7 Å². The summed E-state index contributed by atoms with van der Waals surface area (Å²) >= 11 is 0. The van der Waals surface area contributed by atoms with Crippen LogP contribution in [-0.4, -0.2) is 22.9 Å². The number of nitrogens with one attached hydrogen (secondary N) is 1. The Morgan fingerprint density at radius 2 is 2.03 bits per heavy atom. The zero-order valence-corrected chi connectivity index (χ0v) is 17.8. The van der Waals surface area contributed by atoms with Crippen molar-refractivity contribution in [2.45, 2.75) is 26.4 Å². The Bertz CT molecular complexity index is 1100. The zero-order chi connectivity index (χ0) is 22.9. The number of aromatic nitrogens is 2. The Balaban J connectivity index is 1.89. The van der Waals surface area contributed by atoms with Crippen LogP contribution >= 0.6 is 0 Å². The number of amides is 1. The molecule has 0 aliphatic rings. The predicted octanol–water partition coefficient (Wildman–Crippen LogP) is 4.06. The number of carbonyl (C=O) groups is 1. The van der Waals surface area contributed by atoms with Gasteiger partial charge in [0.05, 0.1) is 17.9 Å². The summed E-state index contributed by atoms with van der Waals surface area (Å²) in [6.45, 7) is 2.56. The van der Waals surface area contributed by atoms with Gasteiger partial charge in [-0.15, -0.1) is 0 Å². The van der Waals surface area contributed by atoms with E-state index in [-0.39, 0.29) is 30.3 Å². The molecule has 6 nitrogen and oxygen atoms in total. The Hall–Kier alpha value is -3.65. The van der Waals surface area contributed by atoms with Gasteiger partial charge in [0.15, 0.2) is 11.6 Å². The van der Waals surface area contributed by atoms with Crippen molar-refractivity contribution in [3.63, 3.8) is 0 Å². The first-order valence-electron chi connectivity index (χ1n) is 10.2. The molecule has 1 amide bonds. The predicted molar refractivity (Wildman–Crippen MR) is 122 cm³/mol. The van der Waals surface area contributed by atoms with Gasteiger partial charge >= 0.3 is 0 Å². The van der Waals surface area contributed by atoms with E-state index in [9.17, 15) is 13.6 Å². The number of benzene rings is 1. The van der Waals surface area contributed by atoms with E-state index >= 15 is 0 Å². The first-order chi connectivity index (χ1) is 15.5. The number of nitrogens with two attached hydrogens (primary N) is 1. The molecule has 0 radical (unpaired) electrons. The Morgan fingerprint density at radius 1 is 1.19 bits per heavy atom. The van der Waals surface area contributed by atoms with Crippen LogP contribution in [0.25, 0.3) is 6.08 Å². The number of carbonyl (C=O) groups excluding carboxylic acids is 1. The molecule has 0 saturated heterocycles. The van der Waals surface area contributed by atoms with Crippen LogP contribution in [0.5, 0.6) is 0 Å². The molecule has 0 bridgehead atoms. The third-order valence-corrected chi connectivity index (χ3v) is 4.86. The fraction of sp³-hybridized carbons (Fsp3) is 0.208. The number of halogens is 2. The molecule has 2 heterocycles. The molecule has 8 heteroatoms. The number of pyridine rings is 2. The highest BCUT2D eigenvalue weighted by atomic mass is 19.1. The maximum Gasteiger partial charge on any atom is 0.214 e. The van der Waals surface area contributed by atoms with Gasteiger partial charge in [0, 0.05) is 25.4 Å². The number of nitrogens with zero attached hydrogens (tertiary/aromatic N) is 3. The third kappa shape index (κ3) is 5.73. The van der Waals surface area contributed by atoms with Crippen molar-refractivity contribution in [3.8, 4) is 0 Å². The largest absolute Gasteiger partial charge is 0.368 e. The molecule has 3 N–H and O–H groups in total. The van der Waals surface area contributed by atoms with E-state index in [1.807, 2.05) is 12.1 Å². The first kappa shape index (κ1) is 23.0. The molecule has 0 saturated carbocycles. The maximum atomic E-state index is 14.7. The Kier molecular flexibility index (Phi) is 7.99. The molecule has 0 spiro atoms. The van der Waals surface area contributed by atoms with Crippen LogP contribution in [-0.2, 0) is 24.3 Å². The lowest BCUT2D eigenvalue weighted by molar-refractivity contribution is -0.107. The number of rotatable bonds is 10. The van der Waals surface area contributed by atoms with Gasteiger partial charge in [0.1, 0.15) is 11.5 Å². The fourth-order valence-corrected chi connectivity index (χ4v) is 3.30. The van der Waals surface area contributed by atoms with Gasteiger partial charge in [0.2, 0.25) is 6.41 Å². The average molecular weight is 437 g/mol. The van der Waals surface area contributed by atoms with Gasteiger partial charge in [-0.25, -0.2) is 13.8 Å². The summed E-state index contributed by atoms with van der Waals surface area (Å²) < 4.78 is 28.1. The smallest absolute Gasteiger partial charge is 0.214 e. The molecular formula is C24H25F2N5O. The van der Waals surface area contributed by atoms with E-state index in [1.165, 1.54) is 23.1 Å². The topological polar surface area (TPSA) is 84.1 Å². The number of allylic oxidation sites excluding steroid dienone is 1. The Morgan fingerprint density at radius 3 is 2.75 bits per heavy atom. The van der Waals surface area contributed by atoms with Gasteiger partial charge in [-0.2, -0.15) is 0 Å². The second kappa shape index (κ2) is 11.1. The number of anilines is 2. The van der Waals surface area contributed by atoms with E-state index in [4.69, 9.17) is 5.73 Å². The molecule has 3 rings (SSSR count). The molecule has 166 valence electrons. The van der Waals surface area contributed by atoms with Crippen LogP contribution in [0.3, 0.4) is 0 Å². The molecule has 3 aromatic rings. The van der Waals surface area contributed by atoms with E-state index < -0.39 is 5.82 Å². The monoisotopic (exact) mass is 437 g/mol. The highest BCUT2D eigenvalue weighted by Gasteiger charge is 2.18. The molecule has 2 aromatic heterocycles. The van der Waals surface area contributed by atoms with Crippen LogP contribution in [0, 0.1) is 11.6 Å². The van der Waals surface area contributed by atoms with Crippen molar-refractivity contribution in [1.82, 2.24) is 9.97 Å². The van der Waals surface area contributed by atoms with Crippen LogP contribution < -0.4 is 16.0 Å². The van der Waals surface area contributed by atoms with Crippen molar-refractivity contribution < 1.29 is 13.6 Å². The minimum absolute atomic E-state index is 0.152. The van der Waals surface area contributed by atoms with Crippen LogP contribution in [0.4, 0.5) is 20.3 Å². The molecule has 0 unspecified atom stereocenters. The minimum atomic E-state index is -0.550. The van der Waals surface area contributed by atoms with Gasteiger partial charge in [0.25, 0.3) is 0 Å². The summed E-state index contributed by atoms with van der Waals surface area (Å²) in [5.74, 6) is -0.509. The SMILES string of the molecule is C/C=C/c1nc(NCCc2cccc(F)c2)c(N(C=O)Cc2cccnc2CN)cc1F. The van der Waals surface area contributed by atoms with Gasteiger partial charge in [-0.3, -0.25) is 9.78 Å². The quantitative estimate of drug-likeness (QED) is 0.467. The number of hydrogen-bond donors (Lipinski definition) is 2. The molecule has 0 aliphatic heterocycles. The fourth-order valence-electron chi connectivity index (χ4n) is 3.30. The van der Waals surface area contributed by atoms with Crippen molar-refractivity contribution >= 4 is 24.0 Å². The van der Waals surface area contributed by atoms with E-state index in [1.54, 1.807) is 37.4 Å². The minimum Gasteiger partial charge on any atom is -0.368 e. The van der Waals surface area contributed by atoms with Gasteiger partial charge in [-0.1, -0.05) is 24.3 Å². The summed E-state index contributed by atoms with van der Waals surface area (Å²) in [6.07, 6.45) is 6.01. The molecule has 0 aliphatic carbocycles. The first-order valence-corrected chi connectivity index (χ1v) is 10.2. The van der Waals surface area contributed by atoms with E-state index in [0.717, 1.165) is 11.1 Å². The lowest BCUT2D eigenvalue weighted by Crippen LogP contribution is -2.24. The second-order valence-electron chi connectivity index (χ2n) is 7.08. The Labute approximate surface area is 185 Å². The molecule has 0 atom stereocenters. The van der Waals surface area contributed by atoms with Gasteiger partial charge in [-0.05, 0) is 48.7 Å². The maximum absolute atomic E-state index is 14.7. The summed E-state index contributed by atoms with van der Waals surface area (Å²) in [5.41, 5.74) is 8.42. The summed E-state index contributed by atoms with van der Waals surface area (Å²) in [5, 5.41) is 3.16. The highest BCUT2D eigenvalue weighted by molar-refractivity contribution is 5.82. The second-order valence-corrected chi connectivity index (χ2v) is 7.08. The lowest BCUT2D eigenvalue weighted by atomic mass is 10.1. The summed E-state index contributed by atoms with van der Waals surface area (Å²) in [4.78, 5) is 21.9. The van der Waals surface area contributed by atoms with Gasteiger partial charge < -0.3 is 16.0 Å². The number of hydrogen-bond acceptors (Lipinski definition) is 5. The van der Waals surface area contributed by atoms with Crippen molar-refractivity contribution in [2.75, 3.05) is 16.8 Å². The molecule has 1 aromatic carbocycles. The van der Waals surface area contributed by atoms with E-state index in [2.05, 4.69) is 15.3 Å². The van der Waals surface area contributed by atoms with E-state index in [0.29, 0.717) is 30.9 Å². The van der Waals surface area contributed by atoms with Crippen molar-refractivity contribution in [2.24, 2.45) is 5.73 Å². The van der Waals surface area contributed by atoms with Crippen LogP contribution in [0.1, 0.15) is 29.4 Å². The summed E-state index contributed by atoms with van der Waals surface area (Å²) in [7, 11) is 0. The van der Waals surface area contributed by atoms with Crippen molar-refractivity contribution in [3.05, 3.63) is 88.9 Å². The zero-order valence-electron chi connectivity index (χ0n) is 17.8. The summed E-state index contributed by atoms with van der Waals surface area (Å²) in [6, 6.07) is 11.2. The lowest BCUT2D eigenvalue weighted by Gasteiger charge is -2.22.